The summed E-state index contributed by atoms with van der Waals surface area (Å²) in [5.74, 6) is 0. The summed E-state index contributed by atoms with van der Waals surface area (Å²) in [6.45, 7) is 10.8. The Hall–Kier alpha value is -2.31. The lowest BCUT2D eigenvalue weighted by Crippen LogP contribution is -2.41. The summed E-state index contributed by atoms with van der Waals surface area (Å²) in [6, 6.07) is 11.9. The molecule has 0 fully saturated rings. The minimum atomic E-state index is -4.11. The molecule has 0 amide bonds. The molecule has 2 aromatic rings. The predicted octanol–water partition coefficient (Wildman–Crippen LogP) is 4.93. The van der Waals surface area contributed by atoms with Gasteiger partial charge in [-0.1, -0.05) is 39.0 Å². The largest absolute Gasteiger partial charge is 0.412 e. The summed E-state index contributed by atoms with van der Waals surface area (Å²) >= 11 is 0. The highest BCUT2D eigenvalue weighted by Gasteiger charge is 2.37. The first-order chi connectivity index (χ1) is 15.7. The Bertz CT molecular complexity index is 1080. The van der Waals surface area contributed by atoms with Crippen LogP contribution in [0.3, 0.4) is 0 Å². The van der Waals surface area contributed by atoms with Crippen molar-refractivity contribution in [2.24, 2.45) is 0 Å². The minimum Gasteiger partial charge on any atom is -0.412 e. The third-order valence-corrected chi connectivity index (χ3v) is 12.4. The number of para-hydroxylation sites is 1. The molecule has 0 bridgehead atoms. The second-order valence-electron chi connectivity index (χ2n) is 9.37. The minimum absolute atomic E-state index is 0.0103. The first-order valence-electron chi connectivity index (χ1n) is 10.8. The van der Waals surface area contributed by atoms with Crippen LogP contribution < -0.4 is 4.31 Å². The van der Waals surface area contributed by atoms with E-state index in [0.29, 0.717) is 11.3 Å². The van der Waals surface area contributed by atoms with E-state index in [4.69, 9.17) is 13.9 Å². The first-order valence-corrected chi connectivity index (χ1v) is 15.1. The first kappa shape index (κ1) is 27.9. The average molecular weight is 511 g/mol. The van der Waals surface area contributed by atoms with Crippen LogP contribution in [0.4, 0.5) is 11.4 Å². The number of nitrogens with zero attached hydrogens (tertiary/aromatic N) is 2. The number of nitro groups is 1. The van der Waals surface area contributed by atoms with Gasteiger partial charge in [-0.2, -0.15) is 0 Å². The van der Waals surface area contributed by atoms with Crippen molar-refractivity contribution in [1.82, 2.24) is 0 Å². The van der Waals surface area contributed by atoms with Crippen molar-refractivity contribution < 1.29 is 27.2 Å². The predicted molar refractivity (Wildman–Crippen MR) is 134 cm³/mol. The lowest BCUT2D eigenvalue weighted by Gasteiger charge is -2.36. The van der Waals surface area contributed by atoms with Crippen molar-refractivity contribution >= 4 is 29.7 Å². The number of anilines is 1. The van der Waals surface area contributed by atoms with Crippen LogP contribution in [0, 0.1) is 10.1 Å². The molecule has 0 aliphatic carbocycles. The third kappa shape index (κ3) is 6.42. The highest BCUT2D eigenvalue weighted by atomic mass is 32.2. The molecule has 0 aromatic heterocycles. The fraction of sp³-hybridized carbons (Fsp3) is 0.478. The molecular weight excluding hydrogens is 476 g/mol. The fourth-order valence-corrected chi connectivity index (χ4v) is 5.36. The molecule has 0 saturated heterocycles. The third-order valence-electron chi connectivity index (χ3n) is 6.13. The van der Waals surface area contributed by atoms with Crippen molar-refractivity contribution in [3.05, 3.63) is 64.2 Å². The Morgan fingerprint density at radius 1 is 1.03 bits per heavy atom. The van der Waals surface area contributed by atoms with E-state index >= 15 is 0 Å². The quantitative estimate of drug-likeness (QED) is 0.182. The molecular formula is C23H34N2O7SSi. The summed E-state index contributed by atoms with van der Waals surface area (Å²) < 4.78 is 45.6. The van der Waals surface area contributed by atoms with E-state index in [1.165, 1.54) is 42.8 Å². The molecule has 0 N–H and O–H groups in total. The maximum Gasteiger partial charge on any atom is 0.269 e. The lowest BCUT2D eigenvalue weighted by molar-refractivity contribution is -0.384. The molecule has 188 valence electrons. The molecule has 0 aliphatic heterocycles. The van der Waals surface area contributed by atoms with Crippen molar-refractivity contribution in [3.63, 3.8) is 0 Å². The highest BCUT2D eigenvalue weighted by Crippen LogP contribution is 2.38. The monoisotopic (exact) mass is 510 g/mol. The van der Waals surface area contributed by atoms with E-state index in [1.807, 2.05) is 12.1 Å². The van der Waals surface area contributed by atoms with Crippen LogP contribution in [-0.2, 0) is 30.5 Å². The van der Waals surface area contributed by atoms with Gasteiger partial charge in [0.25, 0.3) is 15.7 Å². The summed E-state index contributed by atoms with van der Waals surface area (Å²) in [5, 5.41) is 11.0. The number of non-ortho nitro benzene ring substituents is 1. The molecule has 0 spiro atoms. The van der Waals surface area contributed by atoms with Crippen molar-refractivity contribution in [2.75, 3.05) is 25.1 Å². The number of hydrogen-bond donors (Lipinski definition) is 0. The molecule has 9 nitrogen and oxygen atoms in total. The van der Waals surface area contributed by atoms with Crippen molar-refractivity contribution in [3.8, 4) is 0 Å². The van der Waals surface area contributed by atoms with Crippen LogP contribution in [0.1, 0.15) is 26.3 Å². The number of rotatable bonds is 11. The molecule has 0 aliphatic rings. The van der Waals surface area contributed by atoms with E-state index in [-0.39, 0.29) is 28.8 Å². The Morgan fingerprint density at radius 2 is 1.59 bits per heavy atom. The molecule has 0 saturated carbocycles. The lowest BCUT2D eigenvalue weighted by atomic mass is 10.2. The molecule has 2 aromatic carbocycles. The average Bonchev–Trinajstić information content (AvgIpc) is 2.78. The standard InChI is InChI=1S/C23H34N2O7SSi/c1-23(2,3)34(6,7)32-17-18-10-8-9-11-21(18)24(16-22(30-4)31-5)33(28,29)20-14-12-19(13-15-20)25(26)27/h8-15,22H,16-17H2,1-7H3. The van der Waals surface area contributed by atoms with Crippen LogP contribution in [0.15, 0.2) is 53.4 Å². The number of hydrogen-bond acceptors (Lipinski definition) is 7. The Labute approximate surface area is 203 Å². The molecule has 0 radical (unpaired) electrons. The van der Waals surface area contributed by atoms with Gasteiger partial charge in [-0.25, -0.2) is 8.42 Å². The normalized spacial score (nSPS) is 12.7. The van der Waals surface area contributed by atoms with Gasteiger partial charge in [0.1, 0.15) is 0 Å². The second kappa shape index (κ2) is 11.0. The molecule has 34 heavy (non-hydrogen) atoms. The van der Waals surface area contributed by atoms with Gasteiger partial charge >= 0.3 is 0 Å². The number of nitro benzene ring substituents is 1. The molecule has 0 atom stereocenters. The van der Waals surface area contributed by atoms with Gasteiger partial charge in [0.05, 0.1) is 28.7 Å². The smallest absolute Gasteiger partial charge is 0.269 e. The van der Waals surface area contributed by atoms with Crippen LogP contribution in [0.2, 0.25) is 18.1 Å². The number of ether oxygens (including phenoxy) is 2. The van der Waals surface area contributed by atoms with Crippen LogP contribution in [0.25, 0.3) is 0 Å². The van der Waals surface area contributed by atoms with Crippen LogP contribution in [-0.4, -0.2) is 48.7 Å². The van der Waals surface area contributed by atoms with Gasteiger partial charge in [-0.15, -0.1) is 0 Å². The maximum atomic E-state index is 13.7. The van der Waals surface area contributed by atoms with Crippen LogP contribution in [0.5, 0.6) is 0 Å². The summed E-state index contributed by atoms with van der Waals surface area (Å²) in [5.41, 5.74) is 0.933. The van der Waals surface area contributed by atoms with Crippen LogP contribution >= 0.6 is 0 Å². The highest BCUT2D eigenvalue weighted by molar-refractivity contribution is 7.92. The Kier molecular flexibility index (Phi) is 9.00. The van der Waals surface area contributed by atoms with Crippen molar-refractivity contribution in [2.45, 2.75) is 56.7 Å². The van der Waals surface area contributed by atoms with Gasteiger partial charge in [-0.3, -0.25) is 14.4 Å². The van der Waals surface area contributed by atoms with Gasteiger partial charge in [-0.05, 0) is 36.3 Å². The van der Waals surface area contributed by atoms with Gasteiger partial charge in [0.2, 0.25) is 0 Å². The van der Waals surface area contributed by atoms with Gasteiger partial charge < -0.3 is 13.9 Å². The second-order valence-corrected chi connectivity index (χ2v) is 16.0. The summed E-state index contributed by atoms with van der Waals surface area (Å²) in [7, 11) is -3.35. The molecule has 0 heterocycles. The number of methoxy groups -OCH3 is 2. The maximum absolute atomic E-state index is 13.7. The van der Waals surface area contributed by atoms with E-state index in [1.54, 1.807) is 12.1 Å². The SMILES string of the molecule is COC(CN(c1ccccc1CO[Si](C)(C)C(C)(C)C)S(=O)(=O)c1ccc([N+](=O)[O-])cc1)OC. The zero-order valence-corrected chi connectivity index (χ0v) is 22.6. The Balaban J connectivity index is 2.54. The molecule has 0 unspecified atom stereocenters. The summed E-state index contributed by atoms with van der Waals surface area (Å²) in [4.78, 5) is 10.4. The van der Waals surface area contributed by atoms with E-state index in [9.17, 15) is 18.5 Å². The molecule has 2 rings (SSSR count). The number of benzene rings is 2. The zero-order chi connectivity index (χ0) is 25.7. The zero-order valence-electron chi connectivity index (χ0n) is 20.8. The molecule has 11 heteroatoms. The van der Waals surface area contributed by atoms with Crippen molar-refractivity contribution in [1.29, 1.82) is 0 Å². The van der Waals surface area contributed by atoms with E-state index < -0.39 is 29.6 Å². The van der Waals surface area contributed by atoms with Gasteiger partial charge in [0.15, 0.2) is 14.6 Å². The topological polar surface area (TPSA) is 108 Å². The fourth-order valence-electron chi connectivity index (χ4n) is 2.92. The Morgan fingerprint density at radius 3 is 2.09 bits per heavy atom. The van der Waals surface area contributed by atoms with E-state index in [0.717, 1.165) is 0 Å². The van der Waals surface area contributed by atoms with E-state index in [2.05, 4.69) is 33.9 Å². The summed E-state index contributed by atoms with van der Waals surface area (Å²) in [6.07, 6.45) is -0.831. The van der Waals surface area contributed by atoms with Gasteiger partial charge in [0, 0.05) is 31.9 Å². The number of sulfonamides is 1.